The number of hydrogen-bond acceptors (Lipinski definition) is 8. The number of carbonyl (C=O) groups is 4. The van der Waals surface area contributed by atoms with Gasteiger partial charge in [0.25, 0.3) is 0 Å². The van der Waals surface area contributed by atoms with Crippen LogP contribution in [0.2, 0.25) is 0 Å². The Hall–Kier alpha value is -2.02. The van der Waals surface area contributed by atoms with E-state index >= 15 is 0 Å². The number of hydrogen-bond donors (Lipinski definition) is 0. The van der Waals surface area contributed by atoms with Crippen LogP contribution in [0.4, 0.5) is 0 Å². The van der Waals surface area contributed by atoms with Crippen LogP contribution in [0.25, 0.3) is 0 Å². The maximum Gasteiger partial charge on any atom is 2.00 e. The summed E-state index contributed by atoms with van der Waals surface area (Å²) in [5, 5.41) is 19.8. The molecule has 0 aliphatic heterocycles. The summed E-state index contributed by atoms with van der Waals surface area (Å²) in [4.78, 5) is 41.5. The molecular weight excluding hydrogens is 410 g/mol. The number of rotatable bonds is 10. The molecule has 0 spiro atoms. The van der Waals surface area contributed by atoms with Gasteiger partial charge in [0.2, 0.25) is 0 Å². The first kappa shape index (κ1) is 29.7. The van der Waals surface area contributed by atoms with Crippen molar-refractivity contribution in [1.82, 2.24) is 0 Å². The number of esters is 2. The van der Waals surface area contributed by atoms with Crippen LogP contribution in [-0.2, 0) is 48.1 Å². The van der Waals surface area contributed by atoms with Gasteiger partial charge < -0.3 is 29.3 Å². The molecule has 0 heterocycles. The zero-order valence-corrected chi connectivity index (χ0v) is 19.2. The van der Waals surface area contributed by atoms with Gasteiger partial charge in [-0.05, 0) is 38.8 Å². The largest absolute Gasteiger partial charge is 2.00 e. The SMILES string of the molecule is CCCC(C)OC(=O)/C=C\C(=O)[O-].CCCC(C)OC(=O)/C=C\C(=O)[O-].[Zn+2]. The van der Waals surface area contributed by atoms with E-state index in [-0.39, 0.29) is 31.7 Å². The van der Waals surface area contributed by atoms with Gasteiger partial charge in [-0.2, -0.15) is 0 Å². The molecule has 0 bridgehead atoms. The Labute approximate surface area is 172 Å². The minimum absolute atomic E-state index is 0. The molecule has 0 aromatic rings. The summed E-state index contributed by atoms with van der Waals surface area (Å²) in [5.74, 6) is -4.10. The van der Waals surface area contributed by atoms with Gasteiger partial charge in [0.15, 0.2) is 0 Å². The van der Waals surface area contributed by atoms with E-state index in [0.29, 0.717) is 12.2 Å². The molecular formula is C18H26O8Zn. The van der Waals surface area contributed by atoms with Gasteiger partial charge in [0, 0.05) is 12.2 Å². The van der Waals surface area contributed by atoms with Crippen LogP contribution in [0.3, 0.4) is 0 Å². The fourth-order valence-corrected chi connectivity index (χ4v) is 1.68. The maximum atomic E-state index is 10.8. The molecule has 0 aliphatic carbocycles. The number of ether oxygens (including phenoxy) is 2. The van der Waals surface area contributed by atoms with Gasteiger partial charge in [-0.3, -0.25) is 0 Å². The third-order valence-electron chi connectivity index (χ3n) is 2.74. The Bertz CT molecular complexity index is 467. The first-order chi connectivity index (χ1) is 12.1. The quantitative estimate of drug-likeness (QED) is 0.267. The van der Waals surface area contributed by atoms with Gasteiger partial charge in [-0.15, -0.1) is 0 Å². The molecule has 0 aromatic heterocycles. The average Bonchev–Trinajstić information content (AvgIpc) is 2.52. The number of carboxylic acid groups (broad SMARTS) is 2. The zero-order valence-electron chi connectivity index (χ0n) is 16.3. The first-order valence-corrected chi connectivity index (χ1v) is 8.31. The summed E-state index contributed by atoms with van der Waals surface area (Å²) in [5.41, 5.74) is 0. The van der Waals surface area contributed by atoms with E-state index in [0.717, 1.165) is 37.8 Å². The van der Waals surface area contributed by atoms with E-state index in [4.69, 9.17) is 9.47 Å². The molecule has 9 heteroatoms. The Kier molecular flexibility index (Phi) is 20.7. The number of carboxylic acids is 2. The summed E-state index contributed by atoms with van der Waals surface area (Å²) in [6.07, 6.45) is 6.02. The van der Waals surface area contributed by atoms with Crippen LogP contribution < -0.4 is 10.2 Å². The van der Waals surface area contributed by atoms with Crippen molar-refractivity contribution >= 4 is 23.9 Å². The summed E-state index contributed by atoms with van der Waals surface area (Å²) in [7, 11) is 0. The average molecular weight is 436 g/mol. The molecule has 0 amide bonds. The van der Waals surface area contributed by atoms with Crippen molar-refractivity contribution in [3.63, 3.8) is 0 Å². The van der Waals surface area contributed by atoms with Crippen LogP contribution in [-0.4, -0.2) is 36.1 Å². The minimum atomic E-state index is -1.40. The molecule has 27 heavy (non-hydrogen) atoms. The molecule has 148 valence electrons. The van der Waals surface area contributed by atoms with Gasteiger partial charge in [-0.25, -0.2) is 9.59 Å². The molecule has 0 aromatic carbocycles. The summed E-state index contributed by atoms with van der Waals surface area (Å²) >= 11 is 0. The van der Waals surface area contributed by atoms with Crippen molar-refractivity contribution in [2.45, 2.75) is 65.6 Å². The molecule has 0 saturated heterocycles. The van der Waals surface area contributed by atoms with Crippen molar-refractivity contribution in [3.8, 4) is 0 Å². The van der Waals surface area contributed by atoms with E-state index in [2.05, 4.69) is 0 Å². The third kappa shape index (κ3) is 24.0. The van der Waals surface area contributed by atoms with Crippen LogP contribution >= 0.6 is 0 Å². The van der Waals surface area contributed by atoms with Gasteiger partial charge >= 0.3 is 31.4 Å². The van der Waals surface area contributed by atoms with Crippen molar-refractivity contribution in [2.75, 3.05) is 0 Å². The molecule has 2 atom stereocenters. The fourth-order valence-electron chi connectivity index (χ4n) is 1.68. The Morgan fingerprint density at radius 3 is 1.26 bits per heavy atom. The first-order valence-electron chi connectivity index (χ1n) is 8.31. The second kappa shape index (κ2) is 18.8. The Morgan fingerprint density at radius 1 is 0.741 bits per heavy atom. The number of aliphatic carboxylic acids is 2. The third-order valence-corrected chi connectivity index (χ3v) is 2.74. The molecule has 0 aliphatic rings. The molecule has 0 fully saturated rings. The van der Waals surface area contributed by atoms with Gasteiger partial charge in [0.1, 0.15) is 0 Å². The maximum absolute atomic E-state index is 10.8. The van der Waals surface area contributed by atoms with Gasteiger partial charge in [0.05, 0.1) is 24.1 Å². The number of carbonyl (C=O) groups excluding carboxylic acids is 4. The Morgan fingerprint density at radius 2 is 1.04 bits per heavy atom. The predicted octanol–water partition coefficient (Wildman–Crippen LogP) is 0.0461. The minimum Gasteiger partial charge on any atom is -0.545 e. The molecule has 0 rings (SSSR count). The molecule has 0 N–H and O–H groups in total. The molecule has 0 radical (unpaired) electrons. The zero-order chi connectivity index (χ0) is 20.5. The second-order valence-electron chi connectivity index (χ2n) is 5.38. The van der Waals surface area contributed by atoms with Crippen molar-refractivity contribution in [2.24, 2.45) is 0 Å². The molecule has 0 saturated carbocycles. The fraction of sp³-hybridized carbons (Fsp3) is 0.556. The summed E-state index contributed by atoms with van der Waals surface area (Å²) in [6.45, 7) is 7.46. The van der Waals surface area contributed by atoms with E-state index in [1.165, 1.54) is 0 Å². The normalized spacial score (nSPS) is 12.3. The van der Waals surface area contributed by atoms with Crippen molar-refractivity contribution < 1.29 is 58.3 Å². The monoisotopic (exact) mass is 434 g/mol. The topological polar surface area (TPSA) is 133 Å². The van der Waals surface area contributed by atoms with E-state index in [1.54, 1.807) is 13.8 Å². The van der Waals surface area contributed by atoms with Gasteiger partial charge in [-0.1, -0.05) is 26.7 Å². The van der Waals surface area contributed by atoms with E-state index < -0.39 is 23.9 Å². The summed E-state index contributed by atoms with van der Waals surface area (Å²) < 4.78 is 9.65. The predicted molar refractivity (Wildman–Crippen MR) is 89.2 cm³/mol. The van der Waals surface area contributed by atoms with Crippen molar-refractivity contribution in [1.29, 1.82) is 0 Å². The second-order valence-corrected chi connectivity index (χ2v) is 5.38. The van der Waals surface area contributed by atoms with Crippen LogP contribution in [0.1, 0.15) is 53.4 Å². The summed E-state index contributed by atoms with van der Waals surface area (Å²) in [6, 6.07) is 0. The van der Waals surface area contributed by atoms with E-state index in [9.17, 15) is 29.4 Å². The van der Waals surface area contributed by atoms with Crippen LogP contribution in [0.5, 0.6) is 0 Å². The van der Waals surface area contributed by atoms with Crippen LogP contribution in [0, 0.1) is 0 Å². The standard InChI is InChI=1S/2C9H14O4.Zn/c2*1-3-4-7(2)13-9(12)6-5-8(10)11;/h2*5-7H,3-4H2,1-2H3,(H,10,11);/q;;+2/p-2/b2*6-5-;. The van der Waals surface area contributed by atoms with Crippen molar-refractivity contribution in [3.05, 3.63) is 24.3 Å². The molecule has 8 nitrogen and oxygen atoms in total. The smallest absolute Gasteiger partial charge is 0.545 e. The Balaban J connectivity index is -0.000000411. The molecule has 2 unspecified atom stereocenters. The van der Waals surface area contributed by atoms with Crippen LogP contribution in [0.15, 0.2) is 24.3 Å². The van der Waals surface area contributed by atoms with E-state index in [1.807, 2.05) is 13.8 Å².